The number of carbonyl (C=O) groups is 1. The number of nitrogens with one attached hydrogen (secondary N) is 1. The molecule has 0 aromatic heterocycles. The molecule has 0 spiro atoms. The molecule has 1 N–H and O–H groups in total. The molecule has 1 unspecified atom stereocenters. The van der Waals surface area contributed by atoms with Gasteiger partial charge in [0.25, 0.3) is 5.91 Å². The van der Waals surface area contributed by atoms with E-state index < -0.39 is 10.0 Å². The third-order valence-corrected chi connectivity index (χ3v) is 5.39. The molecular weight excluding hydrogens is 342 g/mol. The fraction of sp³-hybridized carbons (Fsp3) is 0.588. The van der Waals surface area contributed by atoms with Crippen LogP contribution in [0.25, 0.3) is 0 Å². The Labute approximate surface area is 150 Å². The number of hydrogen-bond donors (Lipinski definition) is 1. The summed E-state index contributed by atoms with van der Waals surface area (Å²) in [5, 5.41) is 2.94. The summed E-state index contributed by atoms with van der Waals surface area (Å²) in [5.41, 5.74) is 0.470. The quantitative estimate of drug-likeness (QED) is 0.768. The zero-order valence-corrected chi connectivity index (χ0v) is 15.9. The van der Waals surface area contributed by atoms with Crippen LogP contribution in [0.1, 0.15) is 23.2 Å². The molecule has 1 fully saturated rings. The molecule has 7 nitrogen and oxygen atoms in total. The van der Waals surface area contributed by atoms with Gasteiger partial charge in [-0.3, -0.25) is 4.79 Å². The monoisotopic (exact) mass is 369 g/mol. The lowest BCUT2D eigenvalue weighted by molar-refractivity contribution is 0.0917. The van der Waals surface area contributed by atoms with Gasteiger partial charge in [-0.05, 0) is 39.1 Å². The van der Waals surface area contributed by atoms with Crippen molar-refractivity contribution < 1.29 is 17.9 Å². The minimum atomic E-state index is -3.23. The molecule has 0 aliphatic carbocycles. The molecule has 1 aliphatic heterocycles. The van der Waals surface area contributed by atoms with Crippen LogP contribution in [0.3, 0.4) is 0 Å². The lowest BCUT2D eigenvalue weighted by Crippen LogP contribution is -2.49. The topological polar surface area (TPSA) is 79.0 Å². The van der Waals surface area contributed by atoms with Gasteiger partial charge in [0.05, 0.1) is 11.8 Å². The van der Waals surface area contributed by atoms with Gasteiger partial charge >= 0.3 is 0 Å². The van der Waals surface area contributed by atoms with Gasteiger partial charge in [0.1, 0.15) is 12.4 Å². The first-order valence-electron chi connectivity index (χ1n) is 8.40. The van der Waals surface area contributed by atoms with Gasteiger partial charge in [0.2, 0.25) is 10.0 Å². The van der Waals surface area contributed by atoms with E-state index in [9.17, 15) is 13.2 Å². The van der Waals surface area contributed by atoms with E-state index in [2.05, 4.69) is 5.32 Å². The molecule has 1 saturated heterocycles. The Kier molecular flexibility index (Phi) is 6.80. The summed E-state index contributed by atoms with van der Waals surface area (Å²) in [5.74, 6) is 0.304. The van der Waals surface area contributed by atoms with Gasteiger partial charge < -0.3 is 15.0 Å². The minimum absolute atomic E-state index is 0.189. The highest BCUT2D eigenvalue weighted by Crippen LogP contribution is 2.19. The average Bonchev–Trinajstić information content (AvgIpc) is 2.54. The van der Waals surface area contributed by atoms with Gasteiger partial charge in [-0.2, -0.15) is 0 Å². The highest BCUT2D eigenvalue weighted by molar-refractivity contribution is 7.88. The number of hydrogen-bond acceptors (Lipinski definition) is 5. The number of likely N-dealkylation sites (N-methyl/N-ethyl adjacent to an activating group) is 1. The van der Waals surface area contributed by atoms with E-state index in [1.54, 1.807) is 18.2 Å². The molecule has 8 heteroatoms. The van der Waals surface area contributed by atoms with E-state index in [0.717, 1.165) is 19.4 Å². The minimum Gasteiger partial charge on any atom is -0.491 e. The predicted octanol–water partition coefficient (Wildman–Crippen LogP) is 0.781. The van der Waals surface area contributed by atoms with Gasteiger partial charge in [-0.15, -0.1) is 0 Å². The number of carbonyl (C=O) groups excluding carboxylic acids is 1. The number of piperidine rings is 1. The number of nitrogens with zero attached hydrogens (tertiary/aromatic N) is 2. The maximum absolute atomic E-state index is 12.6. The van der Waals surface area contributed by atoms with Crippen LogP contribution < -0.4 is 10.1 Å². The SMILES string of the molecule is CN(C)CCOc1ccccc1C(=O)NC1CCCN(S(C)(=O)=O)C1. The highest BCUT2D eigenvalue weighted by Gasteiger charge is 2.27. The summed E-state index contributed by atoms with van der Waals surface area (Å²) in [4.78, 5) is 14.6. The molecular formula is C17H27N3O4S. The number of rotatable bonds is 7. The Balaban J connectivity index is 2.01. The second-order valence-corrected chi connectivity index (χ2v) is 8.56. The van der Waals surface area contributed by atoms with Crippen LogP contribution in [0, 0.1) is 0 Å². The number of benzene rings is 1. The normalized spacial score (nSPS) is 19.0. The van der Waals surface area contributed by atoms with Crippen LogP contribution in [0.2, 0.25) is 0 Å². The average molecular weight is 369 g/mol. The van der Waals surface area contributed by atoms with Crippen molar-refractivity contribution in [1.82, 2.24) is 14.5 Å². The molecule has 140 valence electrons. The van der Waals surface area contributed by atoms with Crippen LogP contribution in [0.15, 0.2) is 24.3 Å². The van der Waals surface area contributed by atoms with Crippen molar-refractivity contribution in [2.75, 3.05) is 46.6 Å². The number of ether oxygens (including phenoxy) is 1. The summed E-state index contributed by atoms with van der Waals surface area (Å²) in [6, 6.07) is 6.92. The van der Waals surface area contributed by atoms with E-state index in [1.807, 2.05) is 25.1 Å². The number of sulfonamides is 1. The molecule has 1 aliphatic rings. The molecule has 0 radical (unpaired) electrons. The molecule has 1 aromatic rings. The number of amides is 1. The Bertz CT molecular complexity index is 691. The first-order chi connectivity index (χ1) is 11.8. The Morgan fingerprint density at radius 3 is 2.76 bits per heavy atom. The Morgan fingerprint density at radius 2 is 2.08 bits per heavy atom. The highest BCUT2D eigenvalue weighted by atomic mass is 32.2. The van der Waals surface area contributed by atoms with E-state index in [4.69, 9.17) is 4.74 Å². The van der Waals surface area contributed by atoms with Gasteiger partial charge in [-0.25, -0.2) is 12.7 Å². The smallest absolute Gasteiger partial charge is 0.255 e. The van der Waals surface area contributed by atoms with E-state index in [1.165, 1.54) is 10.6 Å². The predicted molar refractivity (Wildman–Crippen MR) is 97.4 cm³/mol. The fourth-order valence-corrected chi connectivity index (χ4v) is 3.65. The second-order valence-electron chi connectivity index (χ2n) is 6.58. The lowest BCUT2D eigenvalue weighted by atomic mass is 10.1. The Morgan fingerprint density at radius 1 is 1.36 bits per heavy atom. The molecule has 1 amide bonds. The molecule has 25 heavy (non-hydrogen) atoms. The molecule has 2 rings (SSSR count). The first kappa shape index (κ1) is 19.7. The lowest BCUT2D eigenvalue weighted by Gasteiger charge is -2.31. The maximum Gasteiger partial charge on any atom is 0.255 e. The molecule has 0 saturated carbocycles. The van der Waals surface area contributed by atoms with Crippen molar-refractivity contribution in [3.05, 3.63) is 29.8 Å². The third-order valence-electron chi connectivity index (χ3n) is 4.12. The number of para-hydroxylation sites is 1. The largest absolute Gasteiger partial charge is 0.491 e. The van der Waals surface area contributed by atoms with Crippen LogP contribution >= 0.6 is 0 Å². The molecule has 1 aromatic carbocycles. The molecule has 1 heterocycles. The van der Waals surface area contributed by atoms with Crippen molar-refractivity contribution in [1.29, 1.82) is 0 Å². The van der Waals surface area contributed by atoms with E-state index >= 15 is 0 Å². The zero-order valence-electron chi connectivity index (χ0n) is 15.1. The molecule has 0 bridgehead atoms. The van der Waals surface area contributed by atoms with Crippen molar-refractivity contribution in [3.8, 4) is 5.75 Å². The van der Waals surface area contributed by atoms with E-state index in [-0.39, 0.29) is 11.9 Å². The van der Waals surface area contributed by atoms with Crippen LogP contribution in [-0.4, -0.2) is 76.2 Å². The maximum atomic E-state index is 12.6. The summed E-state index contributed by atoms with van der Waals surface area (Å²) < 4.78 is 30.6. The van der Waals surface area contributed by atoms with Crippen molar-refractivity contribution in [2.45, 2.75) is 18.9 Å². The summed E-state index contributed by atoms with van der Waals surface area (Å²) >= 11 is 0. The standard InChI is InChI=1S/C17H27N3O4S/c1-19(2)11-12-24-16-9-5-4-8-15(16)17(21)18-14-7-6-10-20(13-14)25(3,22)23/h4-5,8-9,14H,6-7,10-13H2,1-3H3,(H,18,21). The second kappa shape index (κ2) is 8.64. The van der Waals surface area contributed by atoms with Crippen molar-refractivity contribution in [2.24, 2.45) is 0 Å². The van der Waals surface area contributed by atoms with Gasteiger partial charge in [0, 0.05) is 25.7 Å². The summed E-state index contributed by atoms with van der Waals surface area (Å²) in [6.45, 7) is 2.06. The fourth-order valence-electron chi connectivity index (χ4n) is 2.74. The summed E-state index contributed by atoms with van der Waals surface area (Å²) in [7, 11) is 0.679. The van der Waals surface area contributed by atoms with Gasteiger partial charge in [0.15, 0.2) is 0 Å². The Hall–Kier alpha value is -1.64. The van der Waals surface area contributed by atoms with Crippen LogP contribution in [0.4, 0.5) is 0 Å². The van der Waals surface area contributed by atoms with Crippen LogP contribution in [0.5, 0.6) is 5.75 Å². The third kappa shape index (κ3) is 5.98. The zero-order chi connectivity index (χ0) is 18.4. The summed E-state index contributed by atoms with van der Waals surface area (Å²) in [6.07, 6.45) is 2.70. The van der Waals surface area contributed by atoms with Crippen molar-refractivity contribution in [3.63, 3.8) is 0 Å². The van der Waals surface area contributed by atoms with Crippen molar-refractivity contribution >= 4 is 15.9 Å². The van der Waals surface area contributed by atoms with Crippen LogP contribution in [-0.2, 0) is 10.0 Å². The first-order valence-corrected chi connectivity index (χ1v) is 10.2. The van der Waals surface area contributed by atoms with Gasteiger partial charge in [-0.1, -0.05) is 12.1 Å². The molecule has 1 atom stereocenters. The van der Waals surface area contributed by atoms with E-state index in [0.29, 0.717) is 31.0 Å².